The first-order valence-electron chi connectivity index (χ1n) is 5.03. The molecule has 76 valence electrons. The van der Waals surface area contributed by atoms with E-state index in [0.717, 1.165) is 13.0 Å². The van der Waals surface area contributed by atoms with E-state index in [1.165, 1.54) is 0 Å². The largest absolute Gasteiger partial charge is 0.338 e. The zero-order valence-corrected chi connectivity index (χ0v) is 9.48. The summed E-state index contributed by atoms with van der Waals surface area (Å²) in [6.45, 7) is 11.6. The molecule has 0 radical (unpaired) electrons. The summed E-state index contributed by atoms with van der Waals surface area (Å²) in [4.78, 5) is 13.8. The van der Waals surface area contributed by atoms with Crippen LogP contribution >= 0.6 is 0 Å². The lowest BCUT2D eigenvalue weighted by Crippen LogP contribution is -2.51. The summed E-state index contributed by atoms with van der Waals surface area (Å²) in [6, 6.07) is 0. The third-order valence-corrected chi connectivity index (χ3v) is 2.75. The van der Waals surface area contributed by atoms with Crippen LogP contribution in [0.5, 0.6) is 0 Å². The van der Waals surface area contributed by atoms with Gasteiger partial charge in [-0.1, -0.05) is 13.8 Å². The highest BCUT2D eigenvalue weighted by Crippen LogP contribution is 2.33. The molecule has 0 atom stereocenters. The lowest BCUT2D eigenvalue weighted by Gasteiger charge is -2.43. The molecule has 1 amide bonds. The zero-order chi connectivity index (χ0) is 10.3. The van der Waals surface area contributed by atoms with Crippen LogP contribution in [-0.4, -0.2) is 22.9 Å². The SMILES string of the molecule is CC1(C)CCN(C(C)(C)C)C(=O)C1. The first kappa shape index (κ1) is 10.6. The van der Waals surface area contributed by atoms with E-state index in [-0.39, 0.29) is 11.0 Å². The Labute approximate surface area is 81.3 Å². The van der Waals surface area contributed by atoms with Gasteiger partial charge in [-0.05, 0) is 32.6 Å². The van der Waals surface area contributed by atoms with Crippen molar-refractivity contribution in [2.24, 2.45) is 5.41 Å². The molecule has 2 heteroatoms. The Morgan fingerprint density at radius 2 is 1.85 bits per heavy atom. The summed E-state index contributed by atoms with van der Waals surface area (Å²) in [6.07, 6.45) is 1.82. The van der Waals surface area contributed by atoms with Gasteiger partial charge in [0.1, 0.15) is 0 Å². The average molecular weight is 183 g/mol. The molecule has 2 nitrogen and oxygen atoms in total. The summed E-state index contributed by atoms with van der Waals surface area (Å²) in [5.41, 5.74) is 0.201. The van der Waals surface area contributed by atoms with Gasteiger partial charge >= 0.3 is 0 Å². The Morgan fingerprint density at radius 3 is 2.23 bits per heavy atom. The van der Waals surface area contributed by atoms with Gasteiger partial charge in [-0.2, -0.15) is 0 Å². The van der Waals surface area contributed by atoms with Crippen molar-refractivity contribution in [1.82, 2.24) is 4.90 Å². The van der Waals surface area contributed by atoms with Gasteiger partial charge < -0.3 is 4.90 Å². The second kappa shape index (κ2) is 3.00. The molecule has 0 unspecified atom stereocenters. The number of hydrogen-bond acceptors (Lipinski definition) is 1. The third-order valence-electron chi connectivity index (χ3n) is 2.75. The van der Waals surface area contributed by atoms with Gasteiger partial charge in [0.25, 0.3) is 0 Å². The monoisotopic (exact) mass is 183 g/mol. The first-order valence-corrected chi connectivity index (χ1v) is 5.03. The molecule has 0 bridgehead atoms. The van der Waals surface area contributed by atoms with E-state index in [9.17, 15) is 4.79 Å². The molecule has 0 aromatic carbocycles. The molecule has 13 heavy (non-hydrogen) atoms. The molecule has 1 aliphatic rings. The maximum absolute atomic E-state index is 11.8. The topological polar surface area (TPSA) is 20.3 Å². The normalized spacial score (nSPS) is 23.5. The molecule has 0 aliphatic carbocycles. The lowest BCUT2D eigenvalue weighted by molar-refractivity contribution is -0.142. The molecule has 1 heterocycles. The molecule has 0 aromatic heterocycles. The predicted molar refractivity (Wildman–Crippen MR) is 54.5 cm³/mol. The van der Waals surface area contributed by atoms with Gasteiger partial charge in [0, 0.05) is 18.5 Å². The van der Waals surface area contributed by atoms with Crippen LogP contribution < -0.4 is 0 Å². The van der Waals surface area contributed by atoms with Crippen LogP contribution in [0.15, 0.2) is 0 Å². The first-order chi connectivity index (χ1) is 5.72. The molecule has 0 aromatic rings. The van der Waals surface area contributed by atoms with E-state index in [4.69, 9.17) is 0 Å². The second-order valence-electron chi connectivity index (χ2n) is 5.81. The van der Waals surface area contributed by atoms with Crippen molar-refractivity contribution in [3.05, 3.63) is 0 Å². The highest BCUT2D eigenvalue weighted by Gasteiger charge is 2.35. The van der Waals surface area contributed by atoms with Crippen LogP contribution in [0, 0.1) is 5.41 Å². The van der Waals surface area contributed by atoms with Crippen molar-refractivity contribution in [2.75, 3.05) is 6.54 Å². The highest BCUT2D eigenvalue weighted by atomic mass is 16.2. The standard InChI is InChI=1S/C11H21NO/c1-10(2,3)12-7-6-11(4,5)8-9(12)13/h6-8H2,1-5H3. The van der Waals surface area contributed by atoms with Gasteiger partial charge in [-0.3, -0.25) is 4.79 Å². The third kappa shape index (κ3) is 2.45. The van der Waals surface area contributed by atoms with Gasteiger partial charge in [-0.15, -0.1) is 0 Å². The Bertz CT molecular complexity index is 213. The number of carbonyl (C=O) groups excluding carboxylic acids is 1. The minimum Gasteiger partial charge on any atom is -0.338 e. The van der Waals surface area contributed by atoms with E-state index in [0.29, 0.717) is 12.3 Å². The van der Waals surface area contributed by atoms with Gasteiger partial charge in [0.05, 0.1) is 0 Å². The van der Waals surface area contributed by atoms with Gasteiger partial charge in [0.15, 0.2) is 0 Å². The van der Waals surface area contributed by atoms with Gasteiger partial charge in [-0.25, -0.2) is 0 Å². The van der Waals surface area contributed by atoms with Crippen LogP contribution in [0.2, 0.25) is 0 Å². The quantitative estimate of drug-likeness (QED) is 0.565. The summed E-state index contributed by atoms with van der Waals surface area (Å²) in [5, 5.41) is 0. The van der Waals surface area contributed by atoms with Crippen molar-refractivity contribution in [3.8, 4) is 0 Å². The Morgan fingerprint density at radius 1 is 1.31 bits per heavy atom. The number of carbonyl (C=O) groups is 1. The van der Waals surface area contributed by atoms with Crippen LogP contribution in [0.25, 0.3) is 0 Å². The summed E-state index contributed by atoms with van der Waals surface area (Å²) < 4.78 is 0. The molecule has 0 spiro atoms. The fourth-order valence-corrected chi connectivity index (χ4v) is 1.84. The molecule has 0 N–H and O–H groups in total. The summed E-state index contributed by atoms with van der Waals surface area (Å²) >= 11 is 0. The van der Waals surface area contributed by atoms with E-state index >= 15 is 0 Å². The molecule has 0 saturated carbocycles. The van der Waals surface area contributed by atoms with E-state index in [1.807, 2.05) is 4.90 Å². The fourth-order valence-electron chi connectivity index (χ4n) is 1.84. The number of amides is 1. The molecule has 1 aliphatic heterocycles. The number of hydrogen-bond donors (Lipinski definition) is 0. The van der Waals surface area contributed by atoms with E-state index in [2.05, 4.69) is 34.6 Å². The minimum atomic E-state index is -0.00637. The van der Waals surface area contributed by atoms with Crippen LogP contribution in [0.4, 0.5) is 0 Å². The smallest absolute Gasteiger partial charge is 0.223 e. The fraction of sp³-hybridized carbons (Fsp3) is 0.909. The number of likely N-dealkylation sites (tertiary alicyclic amines) is 1. The number of rotatable bonds is 0. The second-order valence-corrected chi connectivity index (χ2v) is 5.81. The van der Waals surface area contributed by atoms with Crippen LogP contribution in [-0.2, 0) is 4.79 Å². The molecular weight excluding hydrogens is 162 g/mol. The molecule has 1 saturated heterocycles. The van der Waals surface area contributed by atoms with Crippen molar-refractivity contribution in [1.29, 1.82) is 0 Å². The lowest BCUT2D eigenvalue weighted by atomic mass is 9.81. The maximum Gasteiger partial charge on any atom is 0.223 e. The molecule has 1 fully saturated rings. The molecule has 1 rings (SSSR count). The summed E-state index contributed by atoms with van der Waals surface area (Å²) in [7, 11) is 0. The van der Waals surface area contributed by atoms with E-state index in [1.54, 1.807) is 0 Å². The number of nitrogens with zero attached hydrogens (tertiary/aromatic N) is 1. The molecular formula is C11H21NO. The minimum absolute atomic E-state index is 0.00637. The summed E-state index contributed by atoms with van der Waals surface area (Å²) in [5.74, 6) is 0.309. The van der Waals surface area contributed by atoms with E-state index < -0.39 is 0 Å². The average Bonchev–Trinajstić information content (AvgIpc) is 1.80. The Balaban J connectivity index is 2.70. The van der Waals surface area contributed by atoms with Crippen molar-refractivity contribution >= 4 is 5.91 Å². The van der Waals surface area contributed by atoms with Crippen molar-refractivity contribution in [3.63, 3.8) is 0 Å². The Kier molecular flexibility index (Phi) is 2.44. The van der Waals surface area contributed by atoms with Crippen LogP contribution in [0.1, 0.15) is 47.5 Å². The number of piperidine rings is 1. The predicted octanol–water partition coefficient (Wildman–Crippen LogP) is 2.43. The van der Waals surface area contributed by atoms with Crippen molar-refractivity contribution in [2.45, 2.75) is 53.0 Å². The Hall–Kier alpha value is -0.530. The zero-order valence-electron chi connectivity index (χ0n) is 9.48. The van der Waals surface area contributed by atoms with Gasteiger partial charge in [0.2, 0.25) is 5.91 Å². The maximum atomic E-state index is 11.8. The van der Waals surface area contributed by atoms with Crippen molar-refractivity contribution < 1.29 is 4.79 Å². The highest BCUT2D eigenvalue weighted by molar-refractivity contribution is 5.78. The van der Waals surface area contributed by atoms with Crippen LogP contribution in [0.3, 0.4) is 0 Å².